The molecular weight excluding hydrogens is 456 g/mol. The Hall–Kier alpha value is -3.59. The van der Waals surface area contributed by atoms with Crippen molar-refractivity contribution in [3.8, 4) is 0 Å². The molecule has 0 fully saturated rings. The summed E-state index contributed by atoms with van der Waals surface area (Å²) < 4.78 is 13.3. The molecule has 8 nitrogen and oxygen atoms in total. The molecule has 0 spiro atoms. The van der Waals surface area contributed by atoms with E-state index in [-0.39, 0.29) is 11.8 Å². The number of carbonyl (C=O) groups excluding carboxylic acids is 1. The predicted molar refractivity (Wildman–Crippen MR) is 125 cm³/mol. The van der Waals surface area contributed by atoms with Crippen molar-refractivity contribution in [2.75, 3.05) is 6.61 Å². The second-order valence-corrected chi connectivity index (χ2v) is 8.24. The third-order valence-electron chi connectivity index (χ3n) is 5.69. The molecule has 4 aromatic rings. The molecule has 0 radical (unpaired) electrons. The standard InChI is InChI=1S/C25H21ClN4O4/c26-23-20-24(28-14-27-23)30(15-29-20)21-19(34-25(32)17-9-5-2-6-10-17)11-18(22(21)31)13-33-12-16-7-3-1-4-8-16/h1-11,14-15,19,21-22,31H,12-13H2/t19-,21+,22+/m1/s1. The normalized spacial score (nSPS) is 19.8. The van der Waals surface area contributed by atoms with Gasteiger partial charge in [-0.05, 0) is 29.3 Å². The largest absolute Gasteiger partial charge is 0.452 e. The summed E-state index contributed by atoms with van der Waals surface area (Å²) in [4.78, 5) is 25.3. The van der Waals surface area contributed by atoms with Gasteiger partial charge in [0.15, 0.2) is 10.8 Å². The summed E-state index contributed by atoms with van der Waals surface area (Å²) in [6.45, 7) is 0.565. The highest BCUT2D eigenvalue weighted by molar-refractivity contribution is 6.33. The number of carbonyl (C=O) groups is 1. The maximum atomic E-state index is 12.8. The number of aliphatic hydroxyl groups is 1. The van der Waals surface area contributed by atoms with Crippen LogP contribution in [0.5, 0.6) is 0 Å². The number of aromatic nitrogens is 4. The average molecular weight is 477 g/mol. The molecule has 5 rings (SSSR count). The van der Waals surface area contributed by atoms with E-state index < -0.39 is 24.2 Å². The molecule has 0 saturated carbocycles. The molecule has 0 unspecified atom stereocenters. The van der Waals surface area contributed by atoms with Crippen LogP contribution in [0.2, 0.25) is 5.15 Å². The monoisotopic (exact) mass is 476 g/mol. The Morgan fingerprint density at radius 3 is 2.50 bits per heavy atom. The molecular formula is C25H21ClN4O4. The quantitative estimate of drug-likeness (QED) is 0.246. The zero-order chi connectivity index (χ0) is 23.5. The van der Waals surface area contributed by atoms with Crippen LogP contribution in [0.25, 0.3) is 11.2 Å². The molecule has 34 heavy (non-hydrogen) atoms. The van der Waals surface area contributed by atoms with E-state index in [1.807, 2.05) is 36.4 Å². The fourth-order valence-electron chi connectivity index (χ4n) is 4.02. The number of rotatable bonds is 7. The SMILES string of the molecule is O=C(O[C@@H]1C=C(COCc2ccccc2)[C@H](O)[C@H]1n1cnc2c(Cl)ncnc21)c1ccccc1. The van der Waals surface area contributed by atoms with Crippen LogP contribution in [-0.4, -0.2) is 49.4 Å². The fourth-order valence-corrected chi connectivity index (χ4v) is 4.20. The number of fused-ring (bicyclic) bond motifs is 1. The van der Waals surface area contributed by atoms with Crippen molar-refractivity contribution in [2.45, 2.75) is 24.9 Å². The number of halogens is 1. The average Bonchev–Trinajstić information content (AvgIpc) is 3.42. The minimum absolute atomic E-state index is 0.175. The van der Waals surface area contributed by atoms with E-state index in [4.69, 9.17) is 21.1 Å². The zero-order valence-electron chi connectivity index (χ0n) is 18.0. The van der Waals surface area contributed by atoms with Crippen LogP contribution < -0.4 is 0 Å². The highest BCUT2D eigenvalue weighted by Gasteiger charge is 2.41. The van der Waals surface area contributed by atoms with E-state index in [2.05, 4.69) is 15.0 Å². The molecule has 0 amide bonds. The van der Waals surface area contributed by atoms with Gasteiger partial charge >= 0.3 is 5.97 Å². The van der Waals surface area contributed by atoms with Crippen LogP contribution in [0.15, 0.2) is 85.0 Å². The minimum atomic E-state index is -0.990. The van der Waals surface area contributed by atoms with Gasteiger partial charge < -0.3 is 19.1 Å². The van der Waals surface area contributed by atoms with E-state index in [9.17, 15) is 9.90 Å². The zero-order valence-corrected chi connectivity index (χ0v) is 18.7. The molecule has 1 N–H and O–H groups in total. The molecule has 0 saturated heterocycles. The summed E-state index contributed by atoms with van der Waals surface area (Å²) in [6.07, 6.45) is 2.81. The van der Waals surface area contributed by atoms with Crippen molar-refractivity contribution >= 4 is 28.7 Å². The van der Waals surface area contributed by atoms with Crippen LogP contribution in [0.1, 0.15) is 22.0 Å². The summed E-state index contributed by atoms with van der Waals surface area (Å²) in [5, 5.41) is 11.4. The number of hydrogen-bond donors (Lipinski definition) is 1. The highest BCUT2D eigenvalue weighted by Crippen LogP contribution is 2.35. The smallest absolute Gasteiger partial charge is 0.338 e. The lowest BCUT2D eigenvalue weighted by Crippen LogP contribution is -2.32. The summed E-state index contributed by atoms with van der Waals surface area (Å²) in [5.74, 6) is -0.498. The van der Waals surface area contributed by atoms with E-state index in [0.29, 0.717) is 28.9 Å². The number of imidazole rings is 1. The second kappa shape index (κ2) is 9.72. The number of aliphatic hydroxyl groups excluding tert-OH is 1. The maximum Gasteiger partial charge on any atom is 0.338 e. The first-order valence-corrected chi connectivity index (χ1v) is 11.1. The number of esters is 1. The van der Waals surface area contributed by atoms with Crippen molar-refractivity contribution in [3.05, 3.63) is 101 Å². The Bertz CT molecular complexity index is 1330. The highest BCUT2D eigenvalue weighted by atomic mass is 35.5. The summed E-state index contributed by atoms with van der Waals surface area (Å²) >= 11 is 6.16. The van der Waals surface area contributed by atoms with Crippen LogP contribution in [-0.2, 0) is 16.1 Å². The summed E-state index contributed by atoms with van der Waals surface area (Å²) in [7, 11) is 0. The Balaban J connectivity index is 1.42. The van der Waals surface area contributed by atoms with Crippen molar-refractivity contribution in [3.63, 3.8) is 0 Å². The van der Waals surface area contributed by atoms with Crippen LogP contribution in [0.4, 0.5) is 0 Å². The van der Waals surface area contributed by atoms with Gasteiger partial charge in [0.05, 0.1) is 25.1 Å². The number of ether oxygens (including phenoxy) is 2. The molecule has 0 aliphatic heterocycles. The van der Waals surface area contributed by atoms with Gasteiger partial charge in [0.2, 0.25) is 0 Å². The first-order valence-electron chi connectivity index (χ1n) is 10.7. The van der Waals surface area contributed by atoms with Gasteiger partial charge in [0, 0.05) is 0 Å². The number of hydrogen-bond acceptors (Lipinski definition) is 7. The van der Waals surface area contributed by atoms with Crippen LogP contribution >= 0.6 is 11.6 Å². The molecule has 1 aliphatic carbocycles. The molecule has 172 valence electrons. The minimum Gasteiger partial charge on any atom is -0.452 e. The van der Waals surface area contributed by atoms with Crippen molar-refractivity contribution in [1.82, 2.24) is 19.5 Å². The van der Waals surface area contributed by atoms with Gasteiger partial charge in [0.25, 0.3) is 0 Å². The van der Waals surface area contributed by atoms with Gasteiger partial charge in [-0.25, -0.2) is 19.7 Å². The number of benzene rings is 2. The molecule has 2 aromatic carbocycles. The van der Waals surface area contributed by atoms with Crippen LogP contribution in [0, 0.1) is 0 Å². The lowest BCUT2D eigenvalue weighted by atomic mass is 10.1. The summed E-state index contributed by atoms with van der Waals surface area (Å²) in [6, 6.07) is 17.8. The maximum absolute atomic E-state index is 12.8. The summed E-state index contributed by atoms with van der Waals surface area (Å²) in [5.41, 5.74) is 2.88. The third-order valence-corrected chi connectivity index (χ3v) is 5.96. The van der Waals surface area contributed by atoms with Crippen molar-refractivity contribution in [2.24, 2.45) is 0 Å². The van der Waals surface area contributed by atoms with Crippen molar-refractivity contribution in [1.29, 1.82) is 0 Å². The third kappa shape index (κ3) is 4.43. The predicted octanol–water partition coefficient (Wildman–Crippen LogP) is 3.76. The topological polar surface area (TPSA) is 99.4 Å². The fraction of sp³-hybridized carbons (Fsp3) is 0.200. The Morgan fingerprint density at radius 1 is 1.00 bits per heavy atom. The second-order valence-electron chi connectivity index (χ2n) is 7.88. The van der Waals surface area contributed by atoms with E-state index in [1.165, 1.54) is 12.7 Å². The molecule has 2 heterocycles. The Labute approximate surface area is 200 Å². The lowest BCUT2D eigenvalue weighted by molar-refractivity contribution is 0.0174. The molecule has 9 heteroatoms. The van der Waals surface area contributed by atoms with Gasteiger partial charge in [-0.15, -0.1) is 0 Å². The molecule has 2 aromatic heterocycles. The molecule has 3 atom stereocenters. The first kappa shape index (κ1) is 22.2. The Morgan fingerprint density at radius 2 is 1.74 bits per heavy atom. The first-order chi connectivity index (χ1) is 16.6. The van der Waals surface area contributed by atoms with Crippen LogP contribution in [0.3, 0.4) is 0 Å². The van der Waals surface area contributed by atoms with E-state index >= 15 is 0 Å². The van der Waals surface area contributed by atoms with E-state index in [0.717, 1.165) is 5.56 Å². The van der Waals surface area contributed by atoms with E-state index in [1.54, 1.807) is 34.9 Å². The lowest BCUT2D eigenvalue weighted by Gasteiger charge is -2.25. The van der Waals surface area contributed by atoms with Gasteiger partial charge in [-0.3, -0.25) is 0 Å². The molecule has 1 aliphatic rings. The Kier molecular flexibility index (Phi) is 6.35. The van der Waals surface area contributed by atoms with Gasteiger partial charge in [-0.2, -0.15) is 0 Å². The van der Waals surface area contributed by atoms with Gasteiger partial charge in [0.1, 0.15) is 30.1 Å². The van der Waals surface area contributed by atoms with Crippen molar-refractivity contribution < 1.29 is 19.4 Å². The molecule has 0 bridgehead atoms. The number of nitrogens with zero attached hydrogens (tertiary/aromatic N) is 4. The van der Waals surface area contributed by atoms with Gasteiger partial charge in [-0.1, -0.05) is 60.1 Å².